The maximum atomic E-state index is 13.4. The molecular weight excluding hydrogens is 422 g/mol. The average molecular weight is 442 g/mol. The smallest absolute Gasteiger partial charge is 0.326 e. The van der Waals surface area contributed by atoms with Crippen molar-refractivity contribution in [1.82, 2.24) is 9.97 Å². The van der Waals surface area contributed by atoms with Crippen LogP contribution in [0.5, 0.6) is 0 Å². The van der Waals surface area contributed by atoms with Gasteiger partial charge in [0.2, 0.25) is 11.2 Å². The molecule has 0 aliphatic carbocycles. The number of carbonyl (C=O) groups excluding carboxylic acids is 1. The number of nitrogens with one attached hydrogen (secondary N) is 2. The largest absolute Gasteiger partial charge is 0.480 e. The monoisotopic (exact) mass is 441 g/mol. The molecule has 0 amide bonds. The maximum absolute atomic E-state index is 13.4. The highest BCUT2D eigenvalue weighted by Gasteiger charge is 2.65. The fourth-order valence-electron chi connectivity index (χ4n) is 3.80. The number of aliphatic carboxylic acids is 1. The number of pyridine rings is 1. The standard InChI is InChI=1S/C22H20ClN3O5/c1-2-17(27)22(21(29)30)18(28)16(10-12-11-25-19-13(12)6-5-9-24-19)31-20(22)26-15-8-4-3-7-14(15)23/h3-11,17,20,26-27H,2H2,1H3,(H,24,25)(H,29,30)/b16-10-. The first kappa shape index (κ1) is 20.9. The lowest BCUT2D eigenvalue weighted by Gasteiger charge is -2.32. The number of aliphatic hydroxyl groups is 1. The molecule has 2 aromatic heterocycles. The van der Waals surface area contributed by atoms with E-state index < -0.39 is 29.5 Å². The van der Waals surface area contributed by atoms with Crippen molar-refractivity contribution in [3.63, 3.8) is 0 Å². The van der Waals surface area contributed by atoms with E-state index in [-0.39, 0.29) is 12.2 Å². The first-order valence-electron chi connectivity index (χ1n) is 9.67. The van der Waals surface area contributed by atoms with E-state index in [1.807, 2.05) is 6.07 Å². The molecule has 31 heavy (non-hydrogen) atoms. The van der Waals surface area contributed by atoms with Gasteiger partial charge in [-0.25, -0.2) is 4.98 Å². The number of hydrogen-bond acceptors (Lipinski definition) is 6. The molecule has 3 heterocycles. The second-order valence-corrected chi connectivity index (χ2v) is 7.61. The van der Waals surface area contributed by atoms with Crippen molar-refractivity contribution < 1.29 is 24.5 Å². The van der Waals surface area contributed by atoms with Crippen LogP contribution in [0, 0.1) is 5.41 Å². The Kier molecular flexibility index (Phi) is 5.43. The highest BCUT2D eigenvalue weighted by Crippen LogP contribution is 2.44. The number of hydrogen-bond donors (Lipinski definition) is 4. The third-order valence-electron chi connectivity index (χ3n) is 5.45. The van der Waals surface area contributed by atoms with Gasteiger partial charge in [-0.1, -0.05) is 30.7 Å². The summed E-state index contributed by atoms with van der Waals surface area (Å²) in [6, 6.07) is 10.2. The van der Waals surface area contributed by atoms with Crippen LogP contribution in [0.15, 0.2) is 54.6 Å². The van der Waals surface area contributed by atoms with Crippen LogP contribution < -0.4 is 5.32 Å². The van der Waals surface area contributed by atoms with Crippen LogP contribution in [-0.4, -0.2) is 44.3 Å². The van der Waals surface area contributed by atoms with E-state index in [1.165, 1.54) is 6.08 Å². The number of anilines is 1. The van der Waals surface area contributed by atoms with Gasteiger partial charge < -0.3 is 25.3 Å². The summed E-state index contributed by atoms with van der Waals surface area (Å²) in [6.45, 7) is 1.60. The van der Waals surface area contributed by atoms with Crippen molar-refractivity contribution in [3.05, 3.63) is 65.1 Å². The summed E-state index contributed by atoms with van der Waals surface area (Å²) in [5, 5.41) is 24.7. The normalized spacial score (nSPS) is 23.1. The molecule has 0 radical (unpaired) electrons. The number of halogens is 1. The fraction of sp³-hybridized carbons (Fsp3) is 0.227. The molecule has 3 unspecified atom stereocenters. The lowest BCUT2D eigenvalue weighted by atomic mass is 9.76. The lowest BCUT2D eigenvalue weighted by molar-refractivity contribution is -0.164. The number of Topliss-reactive ketones (excluding diaryl/α,β-unsaturated/α-hetero) is 1. The van der Waals surface area contributed by atoms with Gasteiger partial charge in [0.1, 0.15) is 5.65 Å². The molecule has 9 heteroatoms. The Bertz CT molecular complexity index is 1190. The van der Waals surface area contributed by atoms with Crippen molar-refractivity contribution in [1.29, 1.82) is 0 Å². The highest BCUT2D eigenvalue weighted by molar-refractivity contribution is 6.33. The Labute approximate surface area is 182 Å². The predicted molar refractivity (Wildman–Crippen MR) is 115 cm³/mol. The van der Waals surface area contributed by atoms with Gasteiger partial charge in [0.15, 0.2) is 12.0 Å². The summed E-state index contributed by atoms with van der Waals surface area (Å²) in [5.74, 6) is -2.48. The van der Waals surface area contributed by atoms with E-state index in [9.17, 15) is 19.8 Å². The lowest BCUT2D eigenvalue weighted by Crippen LogP contribution is -2.55. The highest BCUT2D eigenvalue weighted by atomic mass is 35.5. The second kappa shape index (κ2) is 8.05. The summed E-state index contributed by atoms with van der Waals surface area (Å²) < 4.78 is 5.82. The van der Waals surface area contributed by atoms with Crippen molar-refractivity contribution in [2.75, 3.05) is 5.32 Å². The van der Waals surface area contributed by atoms with Crippen LogP contribution in [0.4, 0.5) is 5.69 Å². The van der Waals surface area contributed by atoms with E-state index in [0.29, 0.717) is 21.9 Å². The Balaban J connectivity index is 1.82. The van der Waals surface area contributed by atoms with Crippen LogP contribution in [0.1, 0.15) is 18.9 Å². The molecule has 3 atom stereocenters. The number of aromatic nitrogens is 2. The minimum Gasteiger partial charge on any atom is -0.480 e. The molecule has 8 nitrogen and oxygen atoms in total. The summed E-state index contributed by atoms with van der Waals surface area (Å²) in [5.41, 5.74) is -0.642. The molecular formula is C22H20ClN3O5. The molecule has 3 aromatic rings. The number of ether oxygens (including phenoxy) is 1. The first-order chi connectivity index (χ1) is 14.9. The number of fused-ring (bicyclic) bond motifs is 1. The molecule has 1 fully saturated rings. The van der Waals surface area contributed by atoms with E-state index in [0.717, 1.165) is 5.39 Å². The van der Waals surface area contributed by atoms with Crippen molar-refractivity contribution >= 4 is 46.2 Å². The number of rotatable bonds is 6. The predicted octanol–water partition coefficient (Wildman–Crippen LogP) is 3.44. The van der Waals surface area contributed by atoms with E-state index in [1.54, 1.807) is 49.6 Å². The number of aliphatic hydroxyl groups excluding tert-OH is 1. The van der Waals surface area contributed by atoms with Crippen LogP contribution in [-0.2, 0) is 14.3 Å². The van der Waals surface area contributed by atoms with Crippen LogP contribution in [0.3, 0.4) is 0 Å². The molecule has 0 bridgehead atoms. The zero-order valence-corrected chi connectivity index (χ0v) is 17.3. The van der Waals surface area contributed by atoms with Gasteiger partial charge >= 0.3 is 5.97 Å². The Morgan fingerprint density at radius 1 is 1.39 bits per heavy atom. The molecule has 1 aromatic carbocycles. The Hall–Kier alpha value is -3.36. The minimum atomic E-state index is -2.25. The first-order valence-corrected chi connectivity index (χ1v) is 10.0. The quantitative estimate of drug-likeness (QED) is 0.341. The SMILES string of the molecule is CCC(O)C1(C(=O)O)C(=O)/C(=C/c2c[nH]c3ncccc23)OC1Nc1ccccc1Cl. The molecule has 4 rings (SSSR count). The number of carboxylic acids is 1. The topological polar surface area (TPSA) is 125 Å². The molecule has 4 N–H and O–H groups in total. The molecule has 0 saturated carbocycles. The van der Waals surface area contributed by atoms with Gasteiger partial charge in [-0.15, -0.1) is 0 Å². The maximum Gasteiger partial charge on any atom is 0.326 e. The van der Waals surface area contributed by atoms with E-state index in [4.69, 9.17) is 16.3 Å². The number of carboxylic acid groups (broad SMARTS) is 1. The van der Waals surface area contributed by atoms with Crippen molar-refractivity contribution in [2.45, 2.75) is 25.7 Å². The second-order valence-electron chi connectivity index (χ2n) is 7.20. The Morgan fingerprint density at radius 3 is 2.87 bits per heavy atom. The number of allylic oxidation sites excluding steroid dienone is 1. The zero-order chi connectivity index (χ0) is 22.2. The average Bonchev–Trinajstić information content (AvgIpc) is 3.29. The van der Waals surface area contributed by atoms with Gasteiger partial charge in [0.05, 0.1) is 16.8 Å². The number of para-hydroxylation sites is 1. The molecule has 1 aliphatic rings. The number of ketones is 1. The third kappa shape index (κ3) is 3.34. The summed E-state index contributed by atoms with van der Waals surface area (Å²) in [6.07, 6.45) is 1.90. The molecule has 160 valence electrons. The molecule has 1 saturated heterocycles. The van der Waals surface area contributed by atoms with Gasteiger partial charge in [0.25, 0.3) is 0 Å². The fourth-order valence-corrected chi connectivity index (χ4v) is 3.99. The van der Waals surface area contributed by atoms with Crippen molar-refractivity contribution in [3.8, 4) is 0 Å². The van der Waals surface area contributed by atoms with Crippen LogP contribution >= 0.6 is 11.6 Å². The summed E-state index contributed by atoms with van der Waals surface area (Å²) >= 11 is 6.20. The Morgan fingerprint density at radius 2 is 2.16 bits per heavy atom. The number of carbonyl (C=O) groups is 2. The van der Waals surface area contributed by atoms with Crippen molar-refractivity contribution in [2.24, 2.45) is 5.41 Å². The number of benzene rings is 1. The molecule has 1 aliphatic heterocycles. The van der Waals surface area contributed by atoms with Crippen LogP contribution in [0.2, 0.25) is 5.02 Å². The zero-order valence-electron chi connectivity index (χ0n) is 16.5. The molecule has 0 spiro atoms. The van der Waals surface area contributed by atoms with E-state index in [2.05, 4.69) is 15.3 Å². The minimum absolute atomic E-state index is 0.0341. The summed E-state index contributed by atoms with van der Waals surface area (Å²) in [7, 11) is 0. The van der Waals surface area contributed by atoms with E-state index >= 15 is 0 Å². The van der Waals surface area contributed by atoms with Gasteiger partial charge in [0, 0.05) is 23.3 Å². The summed E-state index contributed by atoms with van der Waals surface area (Å²) in [4.78, 5) is 33.0. The van der Waals surface area contributed by atoms with Gasteiger partial charge in [-0.3, -0.25) is 9.59 Å². The van der Waals surface area contributed by atoms with Gasteiger partial charge in [-0.2, -0.15) is 0 Å². The van der Waals surface area contributed by atoms with Gasteiger partial charge in [-0.05, 0) is 36.8 Å². The third-order valence-corrected chi connectivity index (χ3v) is 5.78. The number of nitrogens with zero attached hydrogens (tertiary/aromatic N) is 1. The number of H-pyrrole nitrogens is 1. The van der Waals surface area contributed by atoms with Crippen LogP contribution in [0.25, 0.3) is 17.1 Å². The number of aromatic amines is 1.